The predicted octanol–water partition coefficient (Wildman–Crippen LogP) is 4.44. The van der Waals surface area contributed by atoms with Gasteiger partial charge in [-0.15, -0.1) is 10.2 Å². The summed E-state index contributed by atoms with van der Waals surface area (Å²) in [5.41, 5.74) is 2.87. The molecule has 0 fully saturated rings. The highest BCUT2D eigenvalue weighted by Crippen LogP contribution is 2.33. The molecule has 0 spiro atoms. The first-order chi connectivity index (χ1) is 18.6. The van der Waals surface area contributed by atoms with Crippen molar-refractivity contribution < 1.29 is 23.5 Å². The maximum atomic E-state index is 12.7. The van der Waals surface area contributed by atoms with Gasteiger partial charge in [0.1, 0.15) is 17.1 Å². The van der Waals surface area contributed by atoms with E-state index in [-0.39, 0.29) is 11.7 Å². The molecule has 5 aromatic rings. The molecule has 192 valence electrons. The van der Waals surface area contributed by atoms with Gasteiger partial charge in [0, 0.05) is 5.69 Å². The van der Waals surface area contributed by atoms with Gasteiger partial charge in [-0.2, -0.15) is 5.10 Å². The molecular formula is C26H22N6O5S. The Morgan fingerprint density at radius 3 is 2.61 bits per heavy atom. The number of hydrogen-bond acceptors (Lipinski definition) is 9. The third kappa shape index (κ3) is 5.15. The van der Waals surface area contributed by atoms with Crippen molar-refractivity contribution in [1.29, 1.82) is 0 Å². The van der Waals surface area contributed by atoms with E-state index >= 15 is 0 Å². The second-order valence-electron chi connectivity index (χ2n) is 7.86. The zero-order chi connectivity index (χ0) is 26.5. The van der Waals surface area contributed by atoms with E-state index in [1.165, 1.54) is 18.9 Å². The quantitative estimate of drug-likeness (QED) is 0.209. The van der Waals surface area contributed by atoms with Crippen LogP contribution in [-0.2, 0) is 9.53 Å². The van der Waals surface area contributed by atoms with Crippen molar-refractivity contribution >= 4 is 29.3 Å². The number of esters is 1. The monoisotopic (exact) mass is 530 g/mol. The van der Waals surface area contributed by atoms with Crippen LogP contribution in [0.5, 0.6) is 5.75 Å². The maximum absolute atomic E-state index is 12.7. The number of benzene rings is 2. The maximum Gasteiger partial charge on any atom is 0.337 e. The third-order valence-corrected chi connectivity index (χ3v) is 6.40. The van der Waals surface area contributed by atoms with Crippen molar-refractivity contribution in [2.24, 2.45) is 0 Å². The Kier molecular flexibility index (Phi) is 7.22. The summed E-state index contributed by atoms with van der Waals surface area (Å²) >= 11 is 1.21. The summed E-state index contributed by atoms with van der Waals surface area (Å²) in [6.45, 7) is 0. The Bertz CT molecular complexity index is 1560. The van der Waals surface area contributed by atoms with E-state index in [0.717, 1.165) is 0 Å². The van der Waals surface area contributed by atoms with Crippen LogP contribution in [0.25, 0.3) is 28.7 Å². The largest absolute Gasteiger partial charge is 0.495 e. The molecule has 0 aliphatic rings. The number of para-hydroxylation sites is 2. The van der Waals surface area contributed by atoms with Gasteiger partial charge >= 0.3 is 5.97 Å². The number of thioether (sulfide) groups is 1. The Labute approximate surface area is 221 Å². The minimum atomic E-state index is -0.446. The zero-order valence-corrected chi connectivity index (χ0v) is 21.2. The standard InChI is InChI=1S/C26H22N6O5S/c1-35-22-7-4-3-6-20(22)32-24(19-14-18(28-29-19)21-8-5-13-37-21)30-31-26(32)38-15-23(33)27-17-11-9-16(10-12-17)25(34)36-2/h3-14H,15H2,1-2H3,(H,27,33)(H,28,29). The number of rotatable bonds is 9. The van der Waals surface area contributed by atoms with Gasteiger partial charge in [-0.1, -0.05) is 23.9 Å². The number of carbonyl (C=O) groups excluding carboxylic acids is 2. The lowest BCUT2D eigenvalue weighted by molar-refractivity contribution is -0.113. The highest BCUT2D eigenvalue weighted by molar-refractivity contribution is 7.99. The van der Waals surface area contributed by atoms with E-state index < -0.39 is 5.97 Å². The van der Waals surface area contributed by atoms with E-state index in [9.17, 15) is 9.59 Å². The van der Waals surface area contributed by atoms with Gasteiger partial charge in [0.2, 0.25) is 5.91 Å². The Hall–Kier alpha value is -4.84. The molecule has 0 unspecified atom stereocenters. The Morgan fingerprint density at radius 1 is 1.05 bits per heavy atom. The number of nitrogens with zero attached hydrogens (tertiary/aromatic N) is 4. The number of methoxy groups -OCH3 is 2. The molecule has 2 N–H and O–H groups in total. The molecular weight excluding hydrogens is 508 g/mol. The summed E-state index contributed by atoms with van der Waals surface area (Å²) in [4.78, 5) is 24.3. The highest BCUT2D eigenvalue weighted by Gasteiger charge is 2.22. The fraction of sp³-hybridized carbons (Fsp3) is 0.115. The van der Waals surface area contributed by atoms with Gasteiger partial charge in [0.25, 0.3) is 0 Å². The Balaban J connectivity index is 1.40. The van der Waals surface area contributed by atoms with Crippen molar-refractivity contribution in [3.63, 3.8) is 0 Å². The van der Waals surface area contributed by atoms with Crippen molar-refractivity contribution in [2.45, 2.75) is 5.16 Å². The van der Waals surface area contributed by atoms with Crippen LogP contribution in [-0.4, -0.2) is 56.8 Å². The topological polar surface area (TPSA) is 137 Å². The van der Waals surface area contributed by atoms with Crippen LogP contribution in [0.15, 0.2) is 82.6 Å². The number of furan rings is 1. The second kappa shape index (κ2) is 11.0. The first-order valence-corrected chi connectivity index (χ1v) is 12.4. The van der Waals surface area contributed by atoms with Crippen LogP contribution in [0.4, 0.5) is 5.69 Å². The molecule has 0 saturated carbocycles. The molecule has 0 radical (unpaired) electrons. The highest BCUT2D eigenvalue weighted by atomic mass is 32.2. The van der Waals surface area contributed by atoms with Crippen molar-refractivity contribution in [2.75, 3.05) is 25.3 Å². The van der Waals surface area contributed by atoms with E-state index in [4.69, 9.17) is 13.9 Å². The van der Waals surface area contributed by atoms with Gasteiger partial charge < -0.3 is 19.2 Å². The average molecular weight is 531 g/mol. The van der Waals surface area contributed by atoms with Crippen molar-refractivity contribution in [3.05, 3.63) is 78.6 Å². The normalized spacial score (nSPS) is 10.8. The summed E-state index contributed by atoms with van der Waals surface area (Å²) in [7, 11) is 2.90. The first-order valence-electron chi connectivity index (χ1n) is 11.4. The number of hydrogen-bond donors (Lipinski definition) is 2. The number of amides is 1. The number of aromatic nitrogens is 5. The number of nitrogens with one attached hydrogen (secondary N) is 2. The van der Waals surface area contributed by atoms with Gasteiger partial charge in [0.15, 0.2) is 16.7 Å². The lowest BCUT2D eigenvalue weighted by Gasteiger charge is -2.13. The Morgan fingerprint density at radius 2 is 1.87 bits per heavy atom. The molecule has 3 heterocycles. The molecule has 0 aliphatic carbocycles. The molecule has 0 bridgehead atoms. The first kappa shape index (κ1) is 24.8. The minimum absolute atomic E-state index is 0.0598. The van der Waals surface area contributed by atoms with E-state index in [0.29, 0.717) is 50.8 Å². The number of carbonyl (C=O) groups is 2. The zero-order valence-electron chi connectivity index (χ0n) is 20.4. The predicted molar refractivity (Wildman–Crippen MR) is 140 cm³/mol. The summed E-state index contributed by atoms with van der Waals surface area (Å²) in [6, 6.07) is 19.3. The fourth-order valence-electron chi connectivity index (χ4n) is 3.69. The number of aromatic amines is 1. The van der Waals surface area contributed by atoms with Crippen molar-refractivity contribution in [3.8, 4) is 34.4 Å². The molecule has 1 amide bonds. The fourth-order valence-corrected chi connectivity index (χ4v) is 4.43. The molecule has 5 rings (SSSR count). The second-order valence-corrected chi connectivity index (χ2v) is 8.81. The van der Waals surface area contributed by atoms with Crippen LogP contribution in [0.1, 0.15) is 10.4 Å². The third-order valence-electron chi connectivity index (χ3n) is 5.48. The van der Waals surface area contributed by atoms with E-state index in [2.05, 4.69) is 25.7 Å². The molecule has 2 aromatic carbocycles. The lowest BCUT2D eigenvalue weighted by atomic mass is 10.2. The molecule has 0 atom stereocenters. The van der Waals surface area contributed by atoms with Crippen molar-refractivity contribution in [1.82, 2.24) is 25.0 Å². The summed E-state index contributed by atoms with van der Waals surface area (Å²) in [5, 5.41) is 19.4. The lowest BCUT2D eigenvalue weighted by Crippen LogP contribution is -2.15. The number of anilines is 1. The summed E-state index contributed by atoms with van der Waals surface area (Å²) in [5.74, 6) is 1.06. The SMILES string of the molecule is COC(=O)c1ccc(NC(=O)CSc2nnc(-c3cc(-c4ccco4)[nH]n3)n2-c2ccccc2OC)cc1. The van der Waals surface area contributed by atoms with Crippen LogP contribution in [0.2, 0.25) is 0 Å². The van der Waals surface area contributed by atoms with E-state index in [1.807, 2.05) is 36.4 Å². The average Bonchev–Trinajstić information content (AvgIpc) is 3.72. The van der Waals surface area contributed by atoms with Crippen LogP contribution < -0.4 is 10.1 Å². The van der Waals surface area contributed by atoms with Gasteiger partial charge in [0.05, 0.1) is 37.5 Å². The van der Waals surface area contributed by atoms with E-state index in [1.54, 1.807) is 48.3 Å². The van der Waals surface area contributed by atoms with Crippen LogP contribution >= 0.6 is 11.8 Å². The van der Waals surface area contributed by atoms with Gasteiger partial charge in [-0.3, -0.25) is 14.5 Å². The molecule has 0 saturated heterocycles. The van der Waals surface area contributed by atoms with Gasteiger partial charge in [-0.25, -0.2) is 4.79 Å². The van der Waals surface area contributed by atoms with Gasteiger partial charge in [-0.05, 0) is 54.6 Å². The number of ether oxygens (including phenoxy) is 2. The van der Waals surface area contributed by atoms with Crippen LogP contribution in [0, 0.1) is 0 Å². The summed E-state index contributed by atoms with van der Waals surface area (Å²) in [6.07, 6.45) is 1.58. The number of H-pyrrole nitrogens is 1. The smallest absolute Gasteiger partial charge is 0.337 e. The summed E-state index contributed by atoms with van der Waals surface area (Å²) < 4.78 is 17.5. The molecule has 0 aliphatic heterocycles. The molecule has 12 heteroatoms. The molecule has 3 aromatic heterocycles. The minimum Gasteiger partial charge on any atom is -0.495 e. The molecule has 38 heavy (non-hydrogen) atoms. The van der Waals surface area contributed by atoms with Crippen LogP contribution in [0.3, 0.4) is 0 Å². The molecule has 11 nitrogen and oxygen atoms in total.